The van der Waals surface area contributed by atoms with Crippen molar-refractivity contribution >= 4 is 23.2 Å². The molecule has 1 fully saturated rings. The Morgan fingerprint density at radius 1 is 0.973 bits per heavy atom. The molecule has 0 spiro atoms. The van der Waals surface area contributed by atoms with Crippen molar-refractivity contribution in [3.8, 4) is 5.75 Å². The number of hydrogen-bond donors (Lipinski definition) is 0. The Balaban J connectivity index is 1.33. The van der Waals surface area contributed by atoms with E-state index in [9.17, 15) is 9.59 Å². The molecule has 0 saturated carbocycles. The maximum Gasteiger partial charge on any atom is 0.236 e. The van der Waals surface area contributed by atoms with Crippen molar-refractivity contribution in [2.24, 2.45) is 0 Å². The standard InChI is InChI=1S/C30H43N3O3S/c1-4-5-6-7-8-9-10-28(34)33-19-18-31(21-23(33)2)29(35)22-32-17-15-27-26(16-20-37-27)30(32)24-11-13-25(36-3)14-12-24/h11-14,16,20,23,30H,4-10,15,17-19,21-22H2,1-3H3/t23-,30-/m0/s1. The number of methoxy groups -OCH3 is 1. The van der Waals surface area contributed by atoms with Crippen molar-refractivity contribution in [3.05, 3.63) is 51.7 Å². The summed E-state index contributed by atoms with van der Waals surface area (Å²) in [6.45, 7) is 7.44. The van der Waals surface area contributed by atoms with E-state index >= 15 is 0 Å². The first kappa shape index (κ1) is 27.6. The molecule has 0 unspecified atom stereocenters. The van der Waals surface area contributed by atoms with Gasteiger partial charge in [-0.25, -0.2) is 0 Å². The van der Waals surface area contributed by atoms with Crippen LogP contribution in [0.1, 0.15) is 80.8 Å². The van der Waals surface area contributed by atoms with Gasteiger partial charge in [0.2, 0.25) is 11.8 Å². The minimum atomic E-state index is 0.0625. The maximum absolute atomic E-state index is 13.5. The van der Waals surface area contributed by atoms with Crippen LogP contribution in [0.15, 0.2) is 35.7 Å². The second-order valence-electron chi connectivity index (χ2n) is 10.5. The van der Waals surface area contributed by atoms with Crippen LogP contribution in [0.25, 0.3) is 0 Å². The molecule has 1 aromatic heterocycles. The Bertz CT molecular complexity index is 1020. The van der Waals surface area contributed by atoms with Gasteiger partial charge >= 0.3 is 0 Å². The summed E-state index contributed by atoms with van der Waals surface area (Å²) in [7, 11) is 1.68. The SMILES string of the molecule is CCCCCCCCC(=O)N1CCN(C(=O)CN2CCc3sccc3[C@@H]2c2ccc(OC)cc2)C[C@@H]1C. The second kappa shape index (κ2) is 13.4. The number of amides is 2. The Morgan fingerprint density at radius 2 is 1.73 bits per heavy atom. The predicted octanol–water partition coefficient (Wildman–Crippen LogP) is 5.51. The summed E-state index contributed by atoms with van der Waals surface area (Å²) in [6.07, 6.45) is 8.74. The lowest BCUT2D eigenvalue weighted by atomic mass is 9.93. The summed E-state index contributed by atoms with van der Waals surface area (Å²) < 4.78 is 5.36. The fraction of sp³-hybridized carbons (Fsp3) is 0.600. The Hall–Kier alpha value is -2.38. The number of rotatable bonds is 11. The average Bonchev–Trinajstić information content (AvgIpc) is 3.39. The fourth-order valence-electron chi connectivity index (χ4n) is 5.74. The van der Waals surface area contributed by atoms with E-state index in [2.05, 4.69) is 42.3 Å². The quantitative estimate of drug-likeness (QED) is 0.363. The predicted molar refractivity (Wildman–Crippen MR) is 150 cm³/mol. The molecule has 0 aliphatic carbocycles. The van der Waals surface area contributed by atoms with Crippen LogP contribution in [-0.4, -0.2) is 72.4 Å². The van der Waals surface area contributed by atoms with Gasteiger partial charge in [0.25, 0.3) is 0 Å². The number of carbonyl (C=O) groups excluding carboxylic acids is 2. The zero-order chi connectivity index (χ0) is 26.2. The molecule has 6 nitrogen and oxygen atoms in total. The number of hydrogen-bond acceptors (Lipinski definition) is 5. The Labute approximate surface area is 226 Å². The molecule has 2 aromatic rings. The third-order valence-corrected chi connectivity index (χ3v) is 8.88. The van der Waals surface area contributed by atoms with Gasteiger partial charge in [-0.3, -0.25) is 14.5 Å². The number of nitrogens with zero attached hydrogens (tertiary/aromatic N) is 3. The summed E-state index contributed by atoms with van der Waals surface area (Å²) in [6, 6.07) is 10.6. The van der Waals surface area contributed by atoms with E-state index in [1.165, 1.54) is 41.7 Å². The highest BCUT2D eigenvalue weighted by atomic mass is 32.1. The van der Waals surface area contributed by atoms with Gasteiger partial charge in [0.1, 0.15) is 5.75 Å². The first-order valence-corrected chi connectivity index (χ1v) is 14.9. The third-order valence-electron chi connectivity index (χ3n) is 7.88. The molecule has 3 heterocycles. The molecule has 37 heavy (non-hydrogen) atoms. The zero-order valence-electron chi connectivity index (χ0n) is 22.8. The number of unbranched alkanes of at least 4 members (excludes halogenated alkanes) is 5. The molecule has 2 atom stereocenters. The van der Waals surface area contributed by atoms with E-state index in [-0.39, 0.29) is 23.9 Å². The minimum Gasteiger partial charge on any atom is -0.497 e. The molecule has 0 bridgehead atoms. The molecular formula is C30H43N3O3S. The molecule has 2 aliphatic rings. The van der Waals surface area contributed by atoms with Gasteiger partial charge in [-0.05, 0) is 54.5 Å². The molecule has 0 radical (unpaired) electrons. The minimum absolute atomic E-state index is 0.0625. The van der Waals surface area contributed by atoms with E-state index in [1.54, 1.807) is 7.11 Å². The van der Waals surface area contributed by atoms with Gasteiger partial charge in [-0.2, -0.15) is 0 Å². The van der Waals surface area contributed by atoms with E-state index in [4.69, 9.17) is 4.74 Å². The number of fused-ring (bicyclic) bond motifs is 1. The van der Waals surface area contributed by atoms with Crippen LogP contribution in [0.5, 0.6) is 5.75 Å². The fourth-order valence-corrected chi connectivity index (χ4v) is 6.65. The molecule has 0 N–H and O–H groups in total. The van der Waals surface area contributed by atoms with E-state index in [0.29, 0.717) is 32.6 Å². The first-order chi connectivity index (χ1) is 18.0. The largest absolute Gasteiger partial charge is 0.497 e. The van der Waals surface area contributed by atoms with Gasteiger partial charge in [0, 0.05) is 43.5 Å². The van der Waals surface area contributed by atoms with Crippen molar-refractivity contribution in [3.63, 3.8) is 0 Å². The van der Waals surface area contributed by atoms with Crippen LogP contribution in [0.2, 0.25) is 0 Å². The summed E-state index contributed by atoms with van der Waals surface area (Å²) >= 11 is 1.81. The number of thiophene rings is 1. The van der Waals surface area contributed by atoms with Crippen molar-refractivity contribution in [2.75, 3.05) is 39.8 Å². The topological polar surface area (TPSA) is 53.1 Å². The van der Waals surface area contributed by atoms with Gasteiger partial charge in [0.15, 0.2) is 0 Å². The molecular weight excluding hydrogens is 482 g/mol. The normalized spacial score (nSPS) is 20.1. The van der Waals surface area contributed by atoms with Gasteiger partial charge < -0.3 is 14.5 Å². The first-order valence-electron chi connectivity index (χ1n) is 14.0. The highest BCUT2D eigenvalue weighted by Gasteiger charge is 2.34. The van der Waals surface area contributed by atoms with Crippen LogP contribution in [0.4, 0.5) is 0 Å². The maximum atomic E-state index is 13.5. The highest BCUT2D eigenvalue weighted by Crippen LogP contribution is 2.38. The second-order valence-corrected chi connectivity index (χ2v) is 11.5. The van der Waals surface area contributed by atoms with Crippen LogP contribution in [-0.2, 0) is 16.0 Å². The molecule has 1 saturated heterocycles. The van der Waals surface area contributed by atoms with Crippen LogP contribution >= 0.6 is 11.3 Å². The number of carbonyl (C=O) groups is 2. The molecule has 7 heteroatoms. The summed E-state index contributed by atoms with van der Waals surface area (Å²) in [4.78, 5) is 34.0. The summed E-state index contributed by atoms with van der Waals surface area (Å²) in [5, 5.41) is 2.16. The number of benzene rings is 1. The molecule has 202 valence electrons. The average molecular weight is 526 g/mol. The molecule has 4 rings (SSSR count). The van der Waals surface area contributed by atoms with Crippen LogP contribution < -0.4 is 4.74 Å². The van der Waals surface area contributed by atoms with Crippen LogP contribution in [0.3, 0.4) is 0 Å². The van der Waals surface area contributed by atoms with Crippen molar-refractivity contribution < 1.29 is 14.3 Å². The van der Waals surface area contributed by atoms with Crippen molar-refractivity contribution in [1.29, 1.82) is 0 Å². The zero-order valence-corrected chi connectivity index (χ0v) is 23.6. The lowest BCUT2D eigenvalue weighted by Crippen LogP contribution is -2.57. The smallest absolute Gasteiger partial charge is 0.236 e. The van der Waals surface area contributed by atoms with Crippen molar-refractivity contribution in [2.45, 2.75) is 77.3 Å². The third kappa shape index (κ3) is 6.94. The lowest BCUT2D eigenvalue weighted by Gasteiger charge is -2.42. The van der Waals surface area contributed by atoms with Crippen LogP contribution in [0, 0.1) is 0 Å². The molecule has 2 aliphatic heterocycles. The number of piperazine rings is 1. The summed E-state index contributed by atoms with van der Waals surface area (Å²) in [5.41, 5.74) is 2.50. The van der Waals surface area contributed by atoms with Gasteiger partial charge in [-0.1, -0.05) is 51.2 Å². The lowest BCUT2D eigenvalue weighted by molar-refractivity contribution is -0.143. The van der Waals surface area contributed by atoms with E-state index < -0.39 is 0 Å². The molecule has 2 amide bonds. The van der Waals surface area contributed by atoms with E-state index in [1.807, 2.05) is 33.3 Å². The van der Waals surface area contributed by atoms with E-state index in [0.717, 1.165) is 31.6 Å². The van der Waals surface area contributed by atoms with Crippen molar-refractivity contribution in [1.82, 2.24) is 14.7 Å². The highest BCUT2D eigenvalue weighted by molar-refractivity contribution is 7.10. The Kier molecular flexibility index (Phi) is 10.0. The van der Waals surface area contributed by atoms with Gasteiger partial charge in [0.05, 0.1) is 19.7 Å². The molecule has 1 aromatic carbocycles. The summed E-state index contributed by atoms with van der Waals surface area (Å²) in [5.74, 6) is 1.24. The number of ether oxygens (including phenoxy) is 1. The Morgan fingerprint density at radius 3 is 2.46 bits per heavy atom. The van der Waals surface area contributed by atoms with Gasteiger partial charge in [-0.15, -0.1) is 11.3 Å². The monoisotopic (exact) mass is 525 g/mol.